The number of hydrogen-bond donors (Lipinski definition) is 1. The van der Waals surface area contributed by atoms with Crippen LogP contribution in [-0.2, 0) is 13.1 Å². The first-order valence-corrected chi connectivity index (χ1v) is 7.45. The lowest BCUT2D eigenvalue weighted by Gasteiger charge is -2.22. The number of nitrogens with one attached hydrogen (secondary N) is 1. The van der Waals surface area contributed by atoms with Crippen LogP contribution >= 0.6 is 0 Å². The molecule has 4 rings (SSSR count). The molecule has 2 fully saturated rings. The molecule has 100 valence electrons. The molecule has 0 atom stereocenters. The van der Waals surface area contributed by atoms with Crippen LogP contribution in [0.1, 0.15) is 47.2 Å². The second-order valence-electron chi connectivity index (χ2n) is 6.22. The number of carbonyl (C=O) groups excluding carboxylic acids is 1. The molecular formula is C16H20N2O. The fourth-order valence-corrected chi connectivity index (χ4v) is 2.96. The van der Waals surface area contributed by atoms with Gasteiger partial charge in [0, 0.05) is 31.2 Å². The zero-order valence-corrected chi connectivity index (χ0v) is 11.2. The summed E-state index contributed by atoms with van der Waals surface area (Å²) in [6.45, 7) is 2.83. The minimum Gasteiger partial charge on any atom is -0.335 e. The van der Waals surface area contributed by atoms with Crippen LogP contribution in [0.4, 0.5) is 0 Å². The van der Waals surface area contributed by atoms with Crippen molar-refractivity contribution in [1.29, 1.82) is 0 Å². The highest BCUT2D eigenvalue weighted by molar-refractivity contribution is 5.95. The summed E-state index contributed by atoms with van der Waals surface area (Å²) in [6.07, 6.45) is 5.02. The van der Waals surface area contributed by atoms with E-state index in [9.17, 15) is 4.79 Å². The highest BCUT2D eigenvalue weighted by Crippen LogP contribution is 2.35. The standard InChI is InChI=1S/C16H20N2O/c19-16(18(15-5-6-15)10-11-1-2-11)12-3-4-13-8-17-9-14(13)7-12/h3-4,7,11,15,17H,1-2,5-6,8-10H2. The molecule has 2 saturated carbocycles. The molecule has 1 heterocycles. The van der Waals surface area contributed by atoms with Crippen molar-refractivity contribution in [3.8, 4) is 0 Å². The van der Waals surface area contributed by atoms with Gasteiger partial charge in [-0.15, -0.1) is 0 Å². The smallest absolute Gasteiger partial charge is 0.254 e. The van der Waals surface area contributed by atoms with Gasteiger partial charge in [-0.05, 0) is 54.9 Å². The van der Waals surface area contributed by atoms with Gasteiger partial charge in [-0.3, -0.25) is 4.79 Å². The van der Waals surface area contributed by atoms with Gasteiger partial charge < -0.3 is 10.2 Å². The molecule has 1 aromatic rings. The molecule has 19 heavy (non-hydrogen) atoms. The molecule has 1 amide bonds. The van der Waals surface area contributed by atoms with Gasteiger partial charge in [0.25, 0.3) is 5.91 Å². The first kappa shape index (κ1) is 11.5. The molecule has 1 N–H and O–H groups in total. The third-order valence-corrected chi connectivity index (χ3v) is 4.48. The van der Waals surface area contributed by atoms with Gasteiger partial charge in [0.15, 0.2) is 0 Å². The molecule has 0 unspecified atom stereocenters. The second-order valence-corrected chi connectivity index (χ2v) is 6.22. The Morgan fingerprint density at radius 3 is 2.68 bits per heavy atom. The summed E-state index contributed by atoms with van der Waals surface area (Å²) < 4.78 is 0. The molecule has 3 aliphatic rings. The average molecular weight is 256 g/mol. The quantitative estimate of drug-likeness (QED) is 0.896. The Kier molecular flexibility index (Phi) is 2.62. The van der Waals surface area contributed by atoms with E-state index in [-0.39, 0.29) is 5.91 Å². The van der Waals surface area contributed by atoms with Crippen LogP contribution in [0.2, 0.25) is 0 Å². The van der Waals surface area contributed by atoms with Gasteiger partial charge in [0.05, 0.1) is 0 Å². The van der Waals surface area contributed by atoms with Crippen molar-refractivity contribution < 1.29 is 4.79 Å². The lowest BCUT2D eigenvalue weighted by Crippen LogP contribution is -2.35. The van der Waals surface area contributed by atoms with Gasteiger partial charge in [-0.1, -0.05) is 6.07 Å². The van der Waals surface area contributed by atoms with Gasteiger partial charge in [0.1, 0.15) is 0 Å². The minimum atomic E-state index is 0.254. The van der Waals surface area contributed by atoms with Crippen LogP contribution in [0.25, 0.3) is 0 Å². The summed E-state index contributed by atoms with van der Waals surface area (Å²) in [4.78, 5) is 14.8. The predicted octanol–water partition coefficient (Wildman–Crippen LogP) is 2.30. The van der Waals surface area contributed by atoms with Crippen LogP contribution in [0, 0.1) is 5.92 Å². The van der Waals surface area contributed by atoms with Crippen molar-refractivity contribution in [2.24, 2.45) is 5.92 Å². The number of carbonyl (C=O) groups is 1. The summed E-state index contributed by atoms with van der Waals surface area (Å²) in [5.41, 5.74) is 3.53. The van der Waals surface area contributed by atoms with E-state index in [1.165, 1.54) is 36.8 Å². The number of hydrogen-bond acceptors (Lipinski definition) is 2. The normalized spacial score (nSPS) is 21.3. The van der Waals surface area contributed by atoms with Gasteiger partial charge in [0.2, 0.25) is 0 Å². The summed E-state index contributed by atoms with van der Waals surface area (Å²) in [5.74, 6) is 1.03. The van der Waals surface area contributed by atoms with Gasteiger partial charge in [-0.2, -0.15) is 0 Å². The third kappa shape index (κ3) is 2.27. The number of benzene rings is 1. The van der Waals surface area contributed by atoms with Crippen molar-refractivity contribution in [3.05, 3.63) is 34.9 Å². The lowest BCUT2D eigenvalue weighted by atomic mass is 10.1. The maximum atomic E-state index is 12.7. The number of amides is 1. The summed E-state index contributed by atoms with van der Waals surface area (Å²) in [7, 11) is 0. The Morgan fingerprint density at radius 1 is 1.16 bits per heavy atom. The molecule has 0 spiro atoms. The fraction of sp³-hybridized carbons (Fsp3) is 0.562. The molecule has 1 aliphatic heterocycles. The minimum absolute atomic E-state index is 0.254. The highest BCUT2D eigenvalue weighted by atomic mass is 16.2. The zero-order chi connectivity index (χ0) is 12.8. The average Bonchev–Trinajstić information content (AvgIpc) is 3.33. The Labute approximate surface area is 114 Å². The zero-order valence-electron chi connectivity index (χ0n) is 11.2. The fourth-order valence-electron chi connectivity index (χ4n) is 2.96. The highest BCUT2D eigenvalue weighted by Gasteiger charge is 2.36. The molecule has 0 saturated heterocycles. The summed E-state index contributed by atoms with van der Waals surface area (Å²) in [6, 6.07) is 6.75. The Bertz CT molecular complexity index is 517. The van der Waals surface area contributed by atoms with Crippen LogP contribution in [0.15, 0.2) is 18.2 Å². The van der Waals surface area contributed by atoms with E-state index in [1.807, 2.05) is 6.07 Å². The monoisotopic (exact) mass is 256 g/mol. The van der Waals surface area contributed by atoms with Crippen molar-refractivity contribution in [2.45, 2.75) is 44.8 Å². The molecule has 0 radical (unpaired) electrons. The maximum Gasteiger partial charge on any atom is 0.254 e. The number of rotatable bonds is 4. The van der Waals surface area contributed by atoms with E-state index in [1.54, 1.807) is 0 Å². The first-order valence-electron chi connectivity index (χ1n) is 7.45. The number of fused-ring (bicyclic) bond motifs is 1. The van der Waals surface area contributed by atoms with E-state index in [4.69, 9.17) is 0 Å². The topological polar surface area (TPSA) is 32.3 Å². The van der Waals surface area contributed by atoms with E-state index < -0.39 is 0 Å². The Morgan fingerprint density at radius 2 is 1.95 bits per heavy atom. The summed E-state index contributed by atoms with van der Waals surface area (Å²) >= 11 is 0. The largest absolute Gasteiger partial charge is 0.335 e. The van der Waals surface area contributed by atoms with Crippen molar-refractivity contribution >= 4 is 5.91 Å². The number of nitrogens with zero attached hydrogens (tertiary/aromatic N) is 1. The van der Waals surface area contributed by atoms with Gasteiger partial charge >= 0.3 is 0 Å². The molecule has 3 nitrogen and oxygen atoms in total. The van der Waals surface area contributed by atoms with E-state index in [0.29, 0.717) is 6.04 Å². The third-order valence-electron chi connectivity index (χ3n) is 4.48. The summed E-state index contributed by atoms with van der Waals surface area (Å²) in [5, 5.41) is 3.34. The Hall–Kier alpha value is -1.35. The maximum absolute atomic E-state index is 12.7. The van der Waals surface area contributed by atoms with E-state index in [2.05, 4.69) is 22.3 Å². The molecular weight excluding hydrogens is 236 g/mol. The first-order chi connectivity index (χ1) is 9.31. The van der Waals surface area contributed by atoms with Crippen LogP contribution in [-0.4, -0.2) is 23.4 Å². The molecule has 1 aromatic carbocycles. The molecule has 2 aliphatic carbocycles. The van der Waals surface area contributed by atoms with Crippen molar-refractivity contribution in [2.75, 3.05) is 6.54 Å². The predicted molar refractivity (Wildman–Crippen MR) is 73.8 cm³/mol. The van der Waals surface area contributed by atoms with Crippen molar-refractivity contribution in [1.82, 2.24) is 10.2 Å². The lowest BCUT2D eigenvalue weighted by molar-refractivity contribution is 0.0734. The molecule has 3 heteroatoms. The van der Waals surface area contributed by atoms with Crippen LogP contribution in [0.5, 0.6) is 0 Å². The van der Waals surface area contributed by atoms with Crippen molar-refractivity contribution in [3.63, 3.8) is 0 Å². The second kappa shape index (κ2) is 4.34. The van der Waals surface area contributed by atoms with E-state index >= 15 is 0 Å². The SMILES string of the molecule is O=C(c1ccc2c(c1)CNC2)N(CC1CC1)C1CC1. The van der Waals surface area contributed by atoms with E-state index in [0.717, 1.165) is 31.1 Å². The Balaban J connectivity index is 1.57. The molecule has 0 aromatic heterocycles. The van der Waals surface area contributed by atoms with Crippen LogP contribution < -0.4 is 5.32 Å². The molecule has 0 bridgehead atoms. The van der Waals surface area contributed by atoms with Crippen LogP contribution in [0.3, 0.4) is 0 Å². The van der Waals surface area contributed by atoms with Gasteiger partial charge in [-0.25, -0.2) is 0 Å².